The number of anilines is 4. The summed E-state index contributed by atoms with van der Waals surface area (Å²) in [7, 11) is 3.10. The van der Waals surface area contributed by atoms with Crippen molar-refractivity contribution in [3.8, 4) is 17.4 Å². The van der Waals surface area contributed by atoms with Gasteiger partial charge >= 0.3 is 6.09 Å². The van der Waals surface area contributed by atoms with Crippen molar-refractivity contribution >= 4 is 35.0 Å². The average Bonchev–Trinajstić information content (AvgIpc) is 3.08. The van der Waals surface area contributed by atoms with E-state index in [2.05, 4.69) is 39.3 Å². The second-order valence-electron chi connectivity index (χ2n) is 10.9. The van der Waals surface area contributed by atoms with Crippen LogP contribution in [0.5, 0.6) is 17.4 Å². The van der Waals surface area contributed by atoms with Gasteiger partial charge in [-0.05, 0) is 93.8 Å². The fourth-order valence-corrected chi connectivity index (χ4v) is 5.17. The molecule has 0 unspecified atom stereocenters. The van der Waals surface area contributed by atoms with Gasteiger partial charge in [-0.15, -0.1) is 0 Å². The molecule has 47 heavy (non-hydrogen) atoms. The smallest absolute Gasteiger partial charge is 0.425 e. The quantitative estimate of drug-likeness (QED) is 0.132. The van der Waals surface area contributed by atoms with E-state index in [0.29, 0.717) is 40.7 Å². The summed E-state index contributed by atoms with van der Waals surface area (Å²) in [6.45, 7) is 11.9. The van der Waals surface area contributed by atoms with Gasteiger partial charge in [0.15, 0.2) is 0 Å². The van der Waals surface area contributed by atoms with Gasteiger partial charge in [0.1, 0.15) is 11.5 Å². The van der Waals surface area contributed by atoms with Gasteiger partial charge in [0.25, 0.3) is 5.91 Å². The predicted molar refractivity (Wildman–Crippen MR) is 185 cm³/mol. The number of aromatic nitrogens is 2. The minimum atomic E-state index is -0.682. The summed E-state index contributed by atoms with van der Waals surface area (Å²) < 4.78 is 16.8. The van der Waals surface area contributed by atoms with Crippen LogP contribution in [0.2, 0.25) is 0 Å². The van der Waals surface area contributed by atoms with Crippen LogP contribution >= 0.6 is 0 Å². The van der Waals surface area contributed by atoms with Crippen LogP contribution in [0.15, 0.2) is 72.9 Å². The number of rotatable bonds is 15. The van der Waals surface area contributed by atoms with Crippen LogP contribution in [0.3, 0.4) is 0 Å². The normalized spacial score (nSPS) is 10.8. The predicted octanol–water partition coefficient (Wildman–Crippen LogP) is 7.04. The zero-order chi connectivity index (χ0) is 33.8. The number of methoxy groups -OCH3 is 2. The van der Waals surface area contributed by atoms with E-state index in [4.69, 9.17) is 14.2 Å². The van der Waals surface area contributed by atoms with Gasteiger partial charge in [-0.25, -0.2) is 14.7 Å². The molecule has 1 aromatic heterocycles. The number of aryl methyl sites for hydroxylation is 2. The first-order valence-corrected chi connectivity index (χ1v) is 15.8. The number of ether oxygens (including phenoxy) is 3. The van der Waals surface area contributed by atoms with E-state index in [0.717, 1.165) is 43.6 Å². The first kappa shape index (κ1) is 34.7. The van der Waals surface area contributed by atoms with E-state index in [-0.39, 0.29) is 17.7 Å². The summed E-state index contributed by atoms with van der Waals surface area (Å²) in [6.07, 6.45) is 2.78. The monoisotopic (exact) mass is 640 g/mol. The molecule has 4 aromatic rings. The molecule has 0 atom stereocenters. The Morgan fingerprint density at radius 2 is 1.60 bits per heavy atom. The van der Waals surface area contributed by atoms with E-state index in [1.165, 1.54) is 24.3 Å². The second-order valence-corrected chi connectivity index (χ2v) is 10.9. The third-order valence-electron chi connectivity index (χ3n) is 7.78. The van der Waals surface area contributed by atoms with Gasteiger partial charge < -0.3 is 29.7 Å². The molecule has 2 N–H and O–H groups in total. The molecule has 11 heteroatoms. The number of amides is 2. The molecule has 0 aliphatic rings. The highest BCUT2D eigenvalue weighted by molar-refractivity contribution is 6.00. The summed E-state index contributed by atoms with van der Waals surface area (Å²) in [5.41, 5.74) is 4.12. The maximum absolute atomic E-state index is 13.9. The van der Waals surface area contributed by atoms with E-state index < -0.39 is 6.09 Å². The molecule has 0 fully saturated rings. The SMILES string of the molecule is CCN(CC)CCCCNC(=O)c1ccc(Nc2nccc(OC(=O)N(c3ccc(OC)cc3OC)c3c(C)cccc3C)n2)cc1. The molecule has 248 valence electrons. The van der Waals surface area contributed by atoms with Crippen LogP contribution < -0.4 is 29.7 Å². The molecule has 0 aliphatic carbocycles. The summed E-state index contributed by atoms with van der Waals surface area (Å²) in [4.78, 5) is 39.0. The fraction of sp³-hybridized carbons (Fsp3) is 0.333. The lowest BCUT2D eigenvalue weighted by molar-refractivity contribution is 0.0952. The number of carbonyl (C=O) groups is 2. The minimum Gasteiger partial charge on any atom is -0.497 e. The van der Waals surface area contributed by atoms with E-state index in [1.807, 2.05) is 32.0 Å². The summed E-state index contributed by atoms with van der Waals surface area (Å²) >= 11 is 0. The highest BCUT2D eigenvalue weighted by Crippen LogP contribution is 2.39. The van der Waals surface area contributed by atoms with E-state index >= 15 is 0 Å². The number of nitrogens with one attached hydrogen (secondary N) is 2. The number of para-hydroxylation sites is 1. The lowest BCUT2D eigenvalue weighted by atomic mass is 10.1. The summed E-state index contributed by atoms with van der Waals surface area (Å²) in [5, 5.41) is 6.10. The lowest BCUT2D eigenvalue weighted by Gasteiger charge is -2.27. The lowest BCUT2D eigenvalue weighted by Crippen LogP contribution is -2.31. The Balaban J connectivity index is 1.45. The van der Waals surface area contributed by atoms with Gasteiger partial charge in [-0.3, -0.25) is 4.79 Å². The molecule has 2 amide bonds. The number of hydrogen-bond acceptors (Lipinski definition) is 9. The molecule has 1 heterocycles. The molecule has 0 radical (unpaired) electrons. The molecular weight excluding hydrogens is 596 g/mol. The van der Waals surface area contributed by atoms with Crippen molar-refractivity contribution in [3.05, 3.63) is 89.6 Å². The van der Waals surface area contributed by atoms with E-state index in [1.54, 1.807) is 49.6 Å². The van der Waals surface area contributed by atoms with Crippen LogP contribution in [-0.4, -0.2) is 67.3 Å². The number of unbranched alkanes of at least 4 members (excludes halogenated alkanes) is 1. The molecular formula is C36H44N6O5. The van der Waals surface area contributed by atoms with Crippen molar-refractivity contribution in [3.63, 3.8) is 0 Å². The first-order chi connectivity index (χ1) is 22.8. The molecule has 0 aliphatic heterocycles. The third kappa shape index (κ3) is 9.20. The Hall–Kier alpha value is -5.16. The van der Waals surface area contributed by atoms with Gasteiger partial charge in [0, 0.05) is 36.1 Å². The fourth-order valence-electron chi connectivity index (χ4n) is 5.17. The summed E-state index contributed by atoms with van der Waals surface area (Å²) in [5.74, 6) is 1.17. The topological polar surface area (TPSA) is 118 Å². The van der Waals surface area contributed by atoms with Gasteiger partial charge in [0.2, 0.25) is 11.8 Å². The van der Waals surface area contributed by atoms with Crippen LogP contribution in [0.25, 0.3) is 0 Å². The van der Waals surface area contributed by atoms with Gasteiger partial charge in [-0.1, -0.05) is 32.0 Å². The van der Waals surface area contributed by atoms with Crippen molar-refractivity contribution in [2.24, 2.45) is 0 Å². The van der Waals surface area contributed by atoms with Crippen molar-refractivity contribution < 1.29 is 23.8 Å². The molecule has 11 nitrogen and oxygen atoms in total. The maximum Gasteiger partial charge on any atom is 0.425 e. The molecule has 0 bridgehead atoms. The summed E-state index contributed by atoms with van der Waals surface area (Å²) in [6, 6.07) is 19.5. The van der Waals surface area contributed by atoms with Crippen LogP contribution in [0.1, 0.15) is 48.2 Å². The zero-order valence-corrected chi connectivity index (χ0v) is 28.0. The molecule has 0 saturated carbocycles. The standard InChI is InChI=1S/C36H44N6O5/c1-7-41(8-2)23-10-9-21-37-34(43)27-14-16-28(17-15-27)39-35-38-22-20-32(40-35)47-36(44)42(33-25(3)12-11-13-26(33)4)30-19-18-29(45-5)24-31(30)46-6/h11-20,22,24H,7-10,21,23H2,1-6H3,(H,37,43)(H,38,39,40). The molecule has 0 spiro atoms. The second kappa shape index (κ2) is 17.0. The highest BCUT2D eigenvalue weighted by Gasteiger charge is 2.27. The molecule has 4 rings (SSSR count). The third-order valence-corrected chi connectivity index (χ3v) is 7.78. The Labute approximate surface area is 276 Å². The van der Waals surface area contributed by atoms with Crippen LogP contribution in [0, 0.1) is 13.8 Å². The maximum atomic E-state index is 13.9. The zero-order valence-electron chi connectivity index (χ0n) is 28.0. The molecule has 0 saturated heterocycles. The number of benzene rings is 3. The Kier molecular flexibility index (Phi) is 12.5. The Morgan fingerprint density at radius 1 is 0.872 bits per heavy atom. The van der Waals surface area contributed by atoms with Gasteiger partial charge in [0.05, 0.1) is 25.6 Å². The number of nitrogens with zero attached hydrogens (tertiary/aromatic N) is 4. The van der Waals surface area contributed by atoms with Crippen LogP contribution in [0.4, 0.5) is 27.8 Å². The van der Waals surface area contributed by atoms with Crippen molar-refractivity contribution in [1.82, 2.24) is 20.2 Å². The Morgan fingerprint density at radius 3 is 2.26 bits per heavy atom. The van der Waals surface area contributed by atoms with Crippen molar-refractivity contribution in [2.75, 3.05) is 50.6 Å². The first-order valence-electron chi connectivity index (χ1n) is 15.8. The van der Waals surface area contributed by atoms with Crippen LogP contribution in [-0.2, 0) is 0 Å². The largest absolute Gasteiger partial charge is 0.497 e. The number of carbonyl (C=O) groups excluding carboxylic acids is 2. The van der Waals surface area contributed by atoms with Crippen molar-refractivity contribution in [1.29, 1.82) is 0 Å². The highest BCUT2D eigenvalue weighted by atomic mass is 16.6. The Bertz CT molecular complexity index is 1620. The number of hydrogen-bond donors (Lipinski definition) is 2. The average molecular weight is 641 g/mol. The van der Waals surface area contributed by atoms with Crippen molar-refractivity contribution in [2.45, 2.75) is 40.5 Å². The van der Waals surface area contributed by atoms with E-state index in [9.17, 15) is 9.59 Å². The molecule has 3 aromatic carbocycles. The van der Waals surface area contributed by atoms with Gasteiger partial charge in [-0.2, -0.15) is 4.98 Å². The minimum absolute atomic E-state index is 0.0493.